The van der Waals surface area contributed by atoms with Crippen LogP contribution in [0.2, 0.25) is 0 Å². The van der Waals surface area contributed by atoms with Gasteiger partial charge in [0.25, 0.3) is 11.5 Å². The van der Waals surface area contributed by atoms with Gasteiger partial charge in [-0.2, -0.15) is 0 Å². The van der Waals surface area contributed by atoms with E-state index in [1.54, 1.807) is 15.5 Å². The Morgan fingerprint density at radius 3 is 2.58 bits per heavy atom. The van der Waals surface area contributed by atoms with Crippen LogP contribution in [0.15, 0.2) is 16.9 Å². The van der Waals surface area contributed by atoms with E-state index in [0.717, 1.165) is 31.6 Å². The molecular weight excluding hydrogens is 242 g/mol. The highest BCUT2D eigenvalue weighted by Crippen LogP contribution is 2.34. The predicted octanol–water partition coefficient (Wildman–Crippen LogP) is 0.537. The standard InChI is InChI=1S/C14H19N3O2/c1-10-2-5-12(14(19)17(10)11-3-4-11)13(18)16-8-6-15-7-9-16/h2,5,11,15H,3-4,6-9H2,1H3. The van der Waals surface area contributed by atoms with Crippen molar-refractivity contribution < 1.29 is 4.79 Å². The Morgan fingerprint density at radius 2 is 1.95 bits per heavy atom. The summed E-state index contributed by atoms with van der Waals surface area (Å²) in [4.78, 5) is 26.6. The van der Waals surface area contributed by atoms with Gasteiger partial charge >= 0.3 is 0 Å². The molecule has 0 spiro atoms. The summed E-state index contributed by atoms with van der Waals surface area (Å²) in [6, 6.07) is 3.87. The molecule has 5 nitrogen and oxygen atoms in total. The second-order valence-electron chi connectivity index (χ2n) is 5.34. The fourth-order valence-corrected chi connectivity index (χ4v) is 2.63. The van der Waals surface area contributed by atoms with Crippen molar-refractivity contribution in [1.29, 1.82) is 0 Å². The number of piperazine rings is 1. The number of carbonyl (C=O) groups excluding carboxylic acids is 1. The van der Waals surface area contributed by atoms with Gasteiger partial charge in [-0.3, -0.25) is 9.59 Å². The van der Waals surface area contributed by atoms with Gasteiger partial charge in [0.05, 0.1) is 0 Å². The fourth-order valence-electron chi connectivity index (χ4n) is 2.63. The fraction of sp³-hybridized carbons (Fsp3) is 0.571. The van der Waals surface area contributed by atoms with E-state index in [-0.39, 0.29) is 11.5 Å². The number of pyridine rings is 1. The molecule has 1 aromatic heterocycles. The van der Waals surface area contributed by atoms with Crippen LogP contribution in [0.25, 0.3) is 0 Å². The van der Waals surface area contributed by atoms with Gasteiger partial charge in [-0.25, -0.2) is 0 Å². The highest BCUT2D eigenvalue weighted by molar-refractivity contribution is 5.94. The van der Waals surface area contributed by atoms with E-state index in [1.807, 2.05) is 13.0 Å². The lowest BCUT2D eigenvalue weighted by atomic mass is 10.2. The second kappa shape index (κ2) is 4.81. The van der Waals surface area contributed by atoms with Gasteiger partial charge in [-0.15, -0.1) is 0 Å². The normalized spacial score (nSPS) is 19.5. The summed E-state index contributed by atoms with van der Waals surface area (Å²) in [5.74, 6) is -0.124. The minimum absolute atomic E-state index is 0.119. The van der Waals surface area contributed by atoms with Crippen LogP contribution in [-0.4, -0.2) is 41.6 Å². The molecule has 0 bridgehead atoms. The van der Waals surface area contributed by atoms with E-state index in [2.05, 4.69) is 5.32 Å². The van der Waals surface area contributed by atoms with Crippen molar-refractivity contribution in [1.82, 2.24) is 14.8 Å². The SMILES string of the molecule is Cc1ccc(C(=O)N2CCNCC2)c(=O)n1C1CC1. The number of aryl methyl sites for hydroxylation is 1. The Balaban J connectivity index is 1.94. The Bertz CT molecular complexity index is 554. The molecule has 0 radical (unpaired) electrons. The quantitative estimate of drug-likeness (QED) is 0.845. The van der Waals surface area contributed by atoms with Crippen LogP contribution in [-0.2, 0) is 0 Å². The van der Waals surface area contributed by atoms with Gasteiger partial charge in [0.2, 0.25) is 0 Å². The van der Waals surface area contributed by atoms with Gasteiger partial charge in [-0.1, -0.05) is 0 Å². The second-order valence-corrected chi connectivity index (χ2v) is 5.34. The molecule has 2 heterocycles. The number of nitrogens with one attached hydrogen (secondary N) is 1. The first-order valence-electron chi connectivity index (χ1n) is 6.90. The highest BCUT2D eigenvalue weighted by atomic mass is 16.2. The molecule has 19 heavy (non-hydrogen) atoms. The number of carbonyl (C=O) groups is 1. The molecule has 1 aliphatic heterocycles. The summed E-state index contributed by atoms with van der Waals surface area (Å²) in [5.41, 5.74) is 1.15. The minimum atomic E-state index is -0.124. The summed E-state index contributed by atoms with van der Waals surface area (Å²) in [6.45, 7) is 4.88. The van der Waals surface area contributed by atoms with Crippen molar-refractivity contribution in [3.8, 4) is 0 Å². The number of rotatable bonds is 2. The predicted molar refractivity (Wildman–Crippen MR) is 72.5 cm³/mol. The van der Waals surface area contributed by atoms with Crippen LogP contribution < -0.4 is 10.9 Å². The zero-order chi connectivity index (χ0) is 13.4. The summed E-state index contributed by atoms with van der Waals surface area (Å²) < 4.78 is 1.79. The lowest BCUT2D eigenvalue weighted by Crippen LogP contribution is -2.48. The smallest absolute Gasteiger partial charge is 0.263 e. The summed E-state index contributed by atoms with van der Waals surface area (Å²) in [5, 5.41) is 3.21. The van der Waals surface area contributed by atoms with Gasteiger partial charge in [-0.05, 0) is 31.9 Å². The maximum Gasteiger partial charge on any atom is 0.263 e. The third-order valence-electron chi connectivity index (χ3n) is 3.87. The van der Waals surface area contributed by atoms with Crippen LogP contribution in [0.1, 0.15) is 34.9 Å². The summed E-state index contributed by atoms with van der Waals surface area (Å²) >= 11 is 0. The van der Waals surface area contributed by atoms with Crippen molar-refractivity contribution >= 4 is 5.91 Å². The van der Waals surface area contributed by atoms with Gasteiger partial charge in [0.15, 0.2) is 0 Å². The molecule has 3 rings (SSSR count). The average molecular weight is 261 g/mol. The summed E-state index contributed by atoms with van der Waals surface area (Å²) in [7, 11) is 0. The van der Waals surface area contributed by atoms with E-state index in [4.69, 9.17) is 0 Å². The Labute approximate surface area is 112 Å². The highest BCUT2D eigenvalue weighted by Gasteiger charge is 2.29. The van der Waals surface area contributed by atoms with Gasteiger partial charge < -0.3 is 14.8 Å². The van der Waals surface area contributed by atoms with Crippen molar-refractivity contribution in [2.75, 3.05) is 26.2 Å². The molecule has 5 heteroatoms. The molecule has 1 saturated carbocycles. The van der Waals surface area contributed by atoms with Crippen LogP contribution in [0.4, 0.5) is 0 Å². The van der Waals surface area contributed by atoms with Crippen LogP contribution in [0, 0.1) is 6.92 Å². The Kier molecular flexibility index (Phi) is 3.14. The zero-order valence-corrected chi connectivity index (χ0v) is 11.2. The molecule has 1 N–H and O–H groups in total. The lowest BCUT2D eigenvalue weighted by molar-refractivity contribution is 0.0733. The molecule has 0 unspecified atom stereocenters. The van der Waals surface area contributed by atoms with E-state index >= 15 is 0 Å². The monoisotopic (exact) mass is 261 g/mol. The molecule has 102 valence electrons. The van der Waals surface area contributed by atoms with E-state index in [9.17, 15) is 9.59 Å². The first kappa shape index (κ1) is 12.4. The molecule has 0 aromatic carbocycles. The Morgan fingerprint density at radius 1 is 1.26 bits per heavy atom. The molecule has 2 aliphatic rings. The van der Waals surface area contributed by atoms with Crippen LogP contribution in [0.3, 0.4) is 0 Å². The molecule has 0 atom stereocenters. The van der Waals surface area contributed by atoms with Crippen molar-refractivity contribution in [3.63, 3.8) is 0 Å². The number of hydrogen-bond donors (Lipinski definition) is 1. The average Bonchev–Trinajstić information content (AvgIpc) is 3.24. The summed E-state index contributed by atoms with van der Waals surface area (Å²) in [6.07, 6.45) is 2.10. The first-order valence-corrected chi connectivity index (χ1v) is 6.90. The first-order chi connectivity index (χ1) is 9.18. The van der Waals surface area contributed by atoms with Crippen molar-refractivity contribution in [2.45, 2.75) is 25.8 Å². The van der Waals surface area contributed by atoms with Crippen LogP contribution >= 0.6 is 0 Å². The molecular formula is C14H19N3O2. The van der Waals surface area contributed by atoms with Gasteiger partial charge in [0, 0.05) is 37.9 Å². The molecule has 1 saturated heterocycles. The largest absolute Gasteiger partial charge is 0.336 e. The minimum Gasteiger partial charge on any atom is -0.336 e. The number of nitrogens with zero attached hydrogens (tertiary/aromatic N) is 2. The maximum absolute atomic E-state index is 12.5. The van der Waals surface area contributed by atoms with Crippen LogP contribution in [0.5, 0.6) is 0 Å². The Hall–Kier alpha value is -1.62. The van der Waals surface area contributed by atoms with Crippen molar-refractivity contribution in [2.24, 2.45) is 0 Å². The number of aromatic nitrogens is 1. The van der Waals surface area contributed by atoms with Crippen molar-refractivity contribution in [3.05, 3.63) is 33.7 Å². The number of amides is 1. The number of hydrogen-bond acceptors (Lipinski definition) is 3. The molecule has 1 aliphatic carbocycles. The zero-order valence-electron chi connectivity index (χ0n) is 11.2. The topological polar surface area (TPSA) is 54.3 Å². The maximum atomic E-state index is 12.5. The van der Waals surface area contributed by atoms with E-state index in [0.29, 0.717) is 24.7 Å². The molecule has 1 amide bonds. The van der Waals surface area contributed by atoms with E-state index < -0.39 is 0 Å². The third-order valence-corrected chi connectivity index (χ3v) is 3.87. The van der Waals surface area contributed by atoms with E-state index in [1.165, 1.54) is 0 Å². The molecule has 1 aromatic rings. The van der Waals surface area contributed by atoms with Gasteiger partial charge in [0.1, 0.15) is 5.56 Å². The molecule has 2 fully saturated rings. The lowest BCUT2D eigenvalue weighted by Gasteiger charge is -2.27. The third kappa shape index (κ3) is 2.30.